The SMILES string of the molecule is COc1ccc(C)cc1-c1csc(NC(=O)C(C)CN)n1.Cl. The molecule has 0 aliphatic carbocycles. The van der Waals surface area contributed by atoms with Gasteiger partial charge < -0.3 is 15.8 Å². The highest BCUT2D eigenvalue weighted by atomic mass is 35.5. The molecule has 0 aliphatic heterocycles. The van der Waals surface area contributed by atoms with E-state index in [4.69, 9.17) is 10.5 Å². The number of aromatic nitrogens is 1. The van der Waals surface area contributed by atoms with Crippen LogP contribution in [0.4, 0.5) is 5.13 Å². The zero-order valence-electron chi connectivity index (χ0n) is 12.8. The Kier molecular flexibility index (Phi) is 6.80. The number of carbonyl (C=O) groups excluding carboxylic acids is 1. The molecule has 1 unspecified atom stereocenters. The first-order valence-electron chi connectivity index (χ1n) is 6.66. The van der Waals surface area contributed by atoms with E-state index in [0.29, 0.717) is 11.7 Å². The van der Waals surface area contributed by atoms with Crippen LogP contribution in [0.3, 0.4) is 0 Å². The van der Waals surface area contributed by atoms with E-state index in [-0.39, 0.29) is 24.2 Å². The maximum atomic E-state index is 11.8. The van der Waals surface area contributed by atoms with Gasteiger partial charge in [0.25, 0.3) is 0 Å². The normalized spacial score (nSPS) is 11.5. The zero-order chi connectivity index (χ0) is 15.4. The Morgan fingerprint density at radius 2 is 2.23 bits per heavy atom. The fourth-order valence-electron chi connectivity index (χ4n) is 1.81. The van der Waals surface area contributed by atoms with Crippen molar-refractivity contribution in [3.63, 3.8) is 0 Å². The smallest absolute Gasteiger partial charge is 0.230 e. The van der Waals surface area contributed by atoms with Crippen molar-refractivity contribution in [1.29, 1.82) is 0 Å². The van der Waals surface area contributed by atoms with Gasteiger partial charge in [-0.1, -0.05) is 18.6 Å². The highest BCUT2D eigenvalue weighted by Crippen LogP contribution is 2.33. The summed E-state index contributed by atoms with van der Waals surface area (Å²) in [5, 5.41) is 5.25. The minimum Gasteiger partial charge on any atom is -0.496 e. The van der Waals surface area contributed by atoms with Crippen molar-refractivity contribution in [3.05, 3.63) is 29.1 Å². The summed E-state index contributed by atoms with van der Waals surface area (Å²) in [7, 11) is 1.63. The molecule has 1 atom stereocenters. The van der Waals surface area contributed by atoms with Crippen LogP contribution in [0.25, 0.3) is 11.3 Å². The molecular weight excluding hydrogens is 322 g/mol. The minimum absolute atomic E-state index is 0. The summed E-state index contributed by atoms with van der Waals surface area (Å²) >= 11 is 1.39. The maximum absolute atomic E-state index is 11.8. The molecule has 0 bridgehead atoms. The van der Waals surface area contributed by atoms with Gasteiger partial charge in [-0.25, -0.2) is 4.98 Å². The van der Waals surface area contributed by atoms with E-state index in [1.807, 2.05) is 30.5 Å². The van der Waals surface area contributed by atoms with Crippen molar-refractivity contribution >= 4 is 34.8 Å². The number of halogens is 1. The zero-order valence-corrected chi connectivity index (χ0v) is 14.4. The van der Waals surface area contributed by atoms with Gasteiger partial charge in [0.05, 0.1) is 12.8 Å². The van der Waals surface area contributed by atoms with Crippen molar-refractivity contribution in [2.75, 3.05) is 19.0 Å². The molecule has 1 amide bonds. The van der Waals surface area contributed by atoms with E-state index in [1.54, 1.807) is 14.0 Å². The molecule has 120 valence electrons. The van der Waals surface area contributed by atoms with Gasteiger partial charge in [-0.3, -0.25) is 4.79 Å². The second kappa shape index (κ2) is 8.12. The van der Waals surface area contributed by atoms with E-state index in [1.165, 1.54) is 11.3 Å². The number of amides is 1. The van der Waals surface area contributed by atoms with Crippen LogP contribution < -0.4 is 15.8 Å². The minimum atomic E-state index is -0.231. The number of ether oxygens (including phenoxy) is 1. The summed E-state index contributed by atoms with van der Waals surface area (Å²) in [4.78, 5) is 16.3. The summed E-state index contributed by atoms with van der Waals surface area (Å²) in [6.07, 6.45) is 0. The lowest BCUT2D eigenvalue weighted by molar-refractivity contribution is -0.119. The fourth-order valence-corrected chi connectivity index (χ4v) is 2.53. The van der Waals surface area contributed by atoms with Crippen LogP contribution in [0, 0.1) is 12.8 Å². The first-order chi connectivity index (χ1) is 10.0. The highest BCUT2D eigenvalue weighted by Gasteiger charge is 2.15. The standard InChI is InChI=1S/C15H19N3O2S.ClH/c1-9-4-5-13(20-3)11(6-9)12-8-21-15(17-12)18-14(19)10(2)7-16;/h4-6,8,10H,7,16H2,1-3H3,(H,17,18,19);1H. The number of nitrogens with zero attached hydrogens (tertiary/aromatic N) is 1. The molecule has 1 aromatic heterocycles. The van der Waals surface area contributed by atoms with Crippen molar-refractivity contribution in [1.82, 2.24) is 4.98 Å². The third-order valence-electron chi connectivity index (χ3n) is 3.17. The predicted octanol–water partition coefficient (Wildman–Crippen LogP) is 3.08. The maximum Gasteiger partial charge on any atom is 0.230 e. The molecule has 0 radical (unpaired) electrons. The number of methoxy groups -OCH3 is 1. The van der Waals surface area contributed by atoms with Gasteiger partial charge in [0.2, 0.25) is 5.91 Å². The molecule has 22 heavy (non-hydrogen) atoms. The van der Waals surface area contributed by atoms with Crippen LogP contribution in [0.5, 0.6) is 5.75 Å². The lowest BCUT2D eigenvalue weighted by Crippen LogP contribution is -2.26. The number of hydrogen-bond donors (Lipinski definition) is 2. The molecular formula is C15H20ClN3O2S. The van der Waals surface area contributed by atoms with Crippen molar-refractivity contribution < 1.29 is 9.53 Å². The Hall–Kier alpha value is -1.63. The highest BCUT2D eigenvalue weighted by molar-refractivity contribution is 7.14. The van der Waals surface area contributed by atoms with Crippen LogP contribution in [0.15, 0.2) is 23.6 Å². The van der Waals surface area contributed by atoms with Crippen LogP contribution in [0.1, 0.15) is 12.5 Å². The molecule has 1 heterocycles. The average molecular weight is 342 g/mol. The van der Waals surface area contributed by atoms with Gasteiger partial charge in [0.15, 0.2) is 5.13 Å². The van der Waals surface area contributed by atoms with Gasteiger partial charge in [-0.15, -0.1) is 23.7 Å². The van der Waals surface area contributed by atoms with Gasteiger partial charge in [0.1, 0.15) is 5.75 Å². The third-order valence-corrected chi connectivity index (χ3v) is 3.92. The summed E-state index contributed by atoms with van der Waals surface area (Å²) in [5.41, 5.74) is 8.31. The summed E-state index contributed by atoms with van der Waals surface area (Å²) in [5.74, 6) is 0.416. The number of nitrogens with two attached hydrogens (primary N) is 1. The largest absolute Gasteiger partial charge is 0.496 e. The Labute approximate surface area is 140 Å². The Bertz CT molecular complexity index is 645. The van der Waals surface area contributed by atoms with E-state index in [2.05, 4.69) is 10.3 Å². The Morgan fingerprint density at radius 3 is 2.86 bits per heavy atom. The number of nitrogens with one attached hydrogen (secondary N) is 1. The molecule has 7 heteroatoms. The second-order valence-electron chi connectivity index (χ2n) is 4.87. The molecule has 0 aliphatic rings. The van der Waals surface area contributed by atoms with Crippen molar-refractivity contribution in [3.8, 4) is 17.0 Å². The number of benzene rings is 1. The van der Waals surface area contributed by atoms with E-state index >= 15 is 0 Å². The van der Waals surface area contributed by atoms with Crippen LogP contribution in [0.2, 0.25) is 0 Å². The van der Waals surface area contributed by atoms with E-state index in [0.717, 1.165) is 22.6 Å². The molecule has 3 N–H and O–H groups in total. The molecule has 2 aromatic rings. The number of anilines is 1. The summed E-state index contributed by atoms with van der Waals surface area (Å²) < 4.78 is 5.36. The number of carbonyl (C=O) groups is 1. The number of hydrogen-bond acceptors (Lipinski definition) is 5. The quantitative estimate of drug-likeness (QED) is 0.876. The van der Waals surface area contributed by atoms with Gasteiger partial charge >= 0.3 is 0 Å². The lowest BCUT2D eigenvalue weighted by atomic mass is 10.1. The number of aryl methyl sites for hydroxylation is 1. The molecule has 0 saturated heterocycles. The van der Waals surface area contributed by atoms with Crippen LogP contribution in [-0.4, -0.2) is 24.5 Å². The first kappa shape index (κ1) is 18.4. The number of thiazole rings is 1. The third kappa shape index (κ3) is 4.19. The molecule has 1 aromatic carbocycles. The second-order valence-corrected chi connectivity index (χ2v) is 5.73. The van der Waals surface area contributed by atoms with Gasteiger partial charge in [0, 0.05) is 23.4 Å². The van der Waals surface area contributed by atoms with Crippen LogP contribution >= 0.6 is 23.7 Å². The van der Waals surface area contributed by atoms with Crippen molar-refractivity contribution in [2.24, 2.45) is 11.7 Å². The molecule has 2 rings (SSSR count). The Morgan fingerprint density at radius 1 is 1.50 bits per heavy atom. The molecule has 5 nitrogen and oxygen atoms in total. The average Bonchev–Trinajstić information content (AvgIpc) is 2.94. The van der Waals surface area contributed by atoms with Gasteiger partial charge in [-0.2, -0.15) is 0 Å². The summed E-state index contributed by atoms with van der Waals surface area (Å²) in [6, 6.07) is 5.92. The van der Waals surface area contributed by atoms with Crippen LogP contribution in [-0.2, 0) is 4.79 Å². The Balaban J connectivity index is 0.00000242. The van der Waals surface area contributed by atoms with Gasteiger partial charge in [-0.05, 0) is 19.1 Å². The molecule has 0 spiro atoms. The first-order valence-corrected chi connectivity index (χ1v) is 7.54. The lowest BCUT2D eigenvalue weighted by Gasteiger charge is -2.08. The monoisotopic (exact) mass is 341 g/mol. The summed E-state index contributed by atoms with van der Waals surface area (Å²) in [6.45, 7) is 4.12. The molecule has 0 saturated carbocycles. The number of rotatable bonds is 5. The predicted molar refractivity (Wildman–Crippen MR) is 92.9 cm³/mol. The topological polar surface area (TPSA) is 77.2 Å². The van der Waals surface area contributed by atoms with Crippen molar-refractivity contribution in [2.45, 2.75) is 13.8 Å². The fraction of sp³-hybridized carbons (Fsp3) is 0.333. The van der Waals surface area contributed by atoms with E-state index in [9.17, 15) is 4.79 Å². The molecule has 0 fully saturated rings. The van der Waals surface area contributed by atoms with E-state index < -0.39 is 0 Å².